The van der Waals surface area contributed by atoms with E-state index < -0.39 is 5.97 Å². The van der Waals surface area contributed by atoms with E-state index in [9.17, 15) is 14.0 Å². The summed E-state index contributed by atoms with van der Waals surface area (Å²) >= 11 is 0. The lowest BCUT2D eigenvalue weighted by Crippen LogP contribution is -2.39. The summed E-state index contributed by atoms with van der Waals surface area (Å²) in [6, 6.07) is 12.2. The van der Waals surface area contributed by atoms with E-state index in [-0.39, 0.29) is 23.5 Å². The second-order valence-corrected chi connectivity index (χ2v) is 6.33. The van der Waals surface area contributed by atoms with Crippen molar-refractivity contribution >= 4 is 17.7 Å². The van der Waals surface area contributed by atoms with Crippen LogP contribution in [0, 0.1) is 5.82 Å². The molecule has 0 bridgehead atoms. The number of carbonyl (C=O) groups is 2. The van der Waals surface area contributed by atoms with Crippen molar-refractivity contribution in [3.63, 3.8) is 0 Å². The minimum Gasteiger partial charge on any atom is -0.478 e. The van der Waals surface area contributed by atoms with E-state index >= 15 is 0 Å². The first-order chi connectivity index (χ1) is 12.5. The number of carboxylic acids is 1. The number of aromatic carboxylic acids is 1. The maximum Gasteiger partial charge on any atom is 0.335 e. The van der Waals surface area contributed by atoms with Crippen LogP contribution in [0.4, 0.5) is 14.9 Å². The summed E-state index contributed by atoms with van der Waals surface area (Å²) in [5, 5.41) is 14.5. The largest absolute Gasteiger partial charge is 0.478 e. The summed E-state index contributed by atoms with van der Waals surface area (Å²) in [6.45, 7) is 2.28. The number of anilines is 1. The summed E-state index contributed by atoms with van der Waals surface area (Å²) in [5.41, 5.74) is 1.84. The molecule has 0 spiro atoms. The lowest BCUT2D eigenvalue weighted by molar-refractivity contribution is 0.0697. The highest BCUT2D eigenvalue weighted by Gasteiger charge is 2.23. The number of likely N-dealkylation sites (tertiary alicyclic amines) is 1. The number of nitrogens with zero attached hydrogens (tertiary/aromatic N) is 1. The Balaban J connectivity index is 1.46. The van der Waals surface area contributed by atoms with Gasteiger partial charge in [0.25, 0.3) is 0 Å². The molecule has 3 rings (SSSR count). The summed E-state index contributed by atoms with van der Waals surface area (Å²) in [7, 11) is 0. The molecule has 26 heavy (non-hydrogen) atoms. The van der Waals surface area contributed by atoms with Crippen molar-refractivity contribution in [2.75, 3.05) is 18.4 Å². The quantitative estimate of drug-likeness (QED) is 0.768. The molecule has 2 amide bonds. The minimum atomic E-state index is -0.936. The molecule has 1 saturated heterocycles. The topological polar surface area (TPSA) is 81.7 Å². The highest BCUT2D eigenvalue weighted by Crippen LogP contribution is 2.15. The third-order valence-corrected chi connectivity index (χ3v) is 4.32. The molecular formula is C19H20FN3O3. The molecule has 2 aromatic rings. The Morgan fingerprint density at radius 3 is 2.46 bits per heavy atom. The van der Waals surface area contributed by atoms with Crippen molar-refractivity contribution in [1.82, 2.24) is 10.2 Å². The van der Waals surface area contributed by atoms with E-state index in [2.05, 4.69) is 15.5 Å². The predicted molar refractivity (Wildman–Crippen MR) is 95.6 cm³/mol. The SMILES string of the molecule is O=C(Nc1ccc(F)cc1)NC1CCN(Cc2ccc(C(=O)O)cc2)C1. The van der Waals surface area contributed by atoms with Gasteiger partial charge >= 0.3 is 12.0 Å². The molecule has 1 atom stereocenters. The molecule has 6 nitrogen and oxygen atoms in total. The summed E-state index contributed by atoms with van der Waals surface area (Å²) < 4.78 is 12.9. The Morgan fingerprint density at radius 1 is 1.12 bits per heavy atom. The molecule has 1 heterocycles. The van der Waals surface area contributed by atoms with Gasteiger partial charge < -0.3 is 15.7 Å². The zero-order valence-corrected chi connectivity index (χ0v) is 14.1. The first kappa shape index (κ1) is 17.9. The van der Waals surface area contributed by atoms with Gasteiger partial charge in [0.1, 0.15) is 5.82 Å². The fourth-order valence-electron chi connectivity index (χ4n) is 2.99. The Morgan fingerprint density at radius 2 is 1.81 bits per heavy atom. The van der Waals surface area contributed by atoms with E-state index in [1.165, 1.54) is 24.3 Å². The van der Waals surface area contributed by atoms with Crippen LogP contribution in [0.3, 0.4) is 0 Å². The van der Waals surface area contributed by atoms with Crippen LogP contribution < -0.4 is 10.6 Å². The Kier molecular flexibility index (Phi) is 5.48. The average Bonchev–Trinajstić information content (AvgIpc) is 3.04. The fraction of sp³-hybridized carbons (Fsp3) is 0.263. The monoisotopic (exact) mass is 357 g/mol. The molecular weight excluding hydrogens is 337 g/mol. The lowest BCUT2D eigenvalue weighted by atomic mass is 10.1. The highest BCUT2D eigenvalue weighted by molar-refractivity contribution is 5.89. The Bertz CT molecular complexity index is 778. The molecule has 7 heteroatoms. The highest BCUT2D eigenvalue weighted by atomic mass is 19.1. The third-order valence-electron chi connectivity index (χ3n) is 4.32. The summed E-state index contributed by atoms with van der Waals surface area (Å²) in [4.78, 5) is 25.1. The molecule has 3 N–H and O–H groups in total. The van der Waals surface area contributed by atoms with Crippen LogP contribution in [0.5, 0.6) is 0 Å². The maximum atomic E-state index is 12.9. The first-order valence-electron chi connectivity index (χ1n) is 8.37. The van der Waals surface area contributed by atoms with Crippen molar-refractivity contribution in [2.24, 2.45) is 0 Å². The van der Waals surface area contributed by atoms with Crippen LogP contribution in [0.25, 0.3) is 0 Å². The van der Waals surface area contributed by atoms with E-state index in [1.54, 1.807) is 12.1 Å². The van der Waals surface area contributed by atoms with Gasteiger partial charge in [-0.1, -0.05) is 12.1 Å². The number of urea groups is 1. The molecule has 1 fully saturated rings. The second kappa shape index (κ2) is 7.97. The van der Waals surface area contributed by atoms with E-state index in [4.69, 9.17) is 5.11 Å². The van der Waals surface area contributed by atoms with Crippen molar-refractivity contribution in [3.05, 3.63) is 65.5 Å². The van der Waals surface area contributed by atoms with E-state index in [0.717, 1.165) is 25.1 Å². The van der Waals surface area contributed by atoms with Gasteiger partial charge in [0.2, 0.25) is 0 Å². The molecule has 2 aromatic carbocycles. The van der Waals surface area contributed by atoms with Gasteiger partial charge in [0.15, 0.2) is 0 Å². The second-order valence-electron chi connectivity index (χ2n) is 6.33. The minimum absolute atomic E-state index is 0.0359. The van der Waals surface area contributed by atoms with Gasteiger partial charge in [-0.3, -0.25) is 4.90 Å². The number of amides is 2. The number of nitrogens with one attached hydrogen (secondary N) is 2. The first-order valence-corrected chi connectivity index (χ1v) is 8.37. The Labute approximate surface area is 150 Å². The Hall–Kier alpha value is -2.93. The van der Waals surface area contributed by atoms with E-state index in [1.807, 2.05) is 12.1 Å². The molecule has 1 unspecified atom stereocenters. The van der Waals surface area contributed by atoms with Crippen LogP contribution in [0.2, 0.25) is 0 Å². The van der Waals surface area contributed by atoms with Gasteiger partial charge in [-0.25, -0.2) is 14.0 Å². The number of rotatable bonds is 5. The van der Waals surface area contributed by atoms with Crippen LogP contribution in [-0.4, -0.2) is 41.1 Å². The van der Waals surface area contributed by atoms with Crippen molar-refractivity contribution in [2.45, 2.75) is 19.0 Å². The molecule has 136 valence electrons. The fourth-order valence-corrected chi connectivity index (χ4v) is 2.99. The van der Waals surface area contributed by atoms with Crippen molar-refractivity contribution < 1.29 is 19.1 Å². The van der Waals surface area contributed by atoms with Gasteiger partial charge in [0.05, 0.1) is 5.56 Å². The summed E-state index contributed by atoms with van der Waals surface area (Å²) in [5.74, 6) is -1.28. The molecule has 0 radical (unpaired) electrons. The molecule has 1 aliphatic rings. The number of carbonyl (C=O) groups excluding carboxylic acids is 1. The normalized spacial score (nSPS) is 17.0. The predicted octanol–water partition coefficient (Wildman–Crippen LogP) is 2.92. The smallest absolute Gasteiger partial charge is 0.335 e. The zero-order chi connectivity index (χ0) is 18.5. The zero-order valence-electron chi connectivity index (χ0n) is 14.1. The van der Waals surface area contributed by atoms with E-state index in [0.29, 0.717) is 12.2 Å². The summed E-state index contributed by atoms with van der Waals surface area (Å²) in [6.07, 6.45) is 0.837. The average molecular weight is 357 g/mol. The number of hydrogen-bond acceptors (Lipinski definition) is 3. The van der Waals surface area contributed by atoms with Crippen LogP contribution in [0.1, 0.15) is 22.3 Å². The molecule has 0 aliphatic carbocycles. The van der Waals surface area contributed by atoms with Crippen LogP contribution >= 0.6 is 0 Å². The molecule has 1 aliphatic heterocycles. The van der Waals surface area contributed by atoms with Crippen molar-refractivity contribution in [3.8, 4) is 0 Å². The maximum absolute atomic E-state index is 12.9. The number of halogens is 1. The molecule has 0 aromatic heterocycles. The number of hydrogen-bond donors (Lipinski definition) is 3. The lowest BCUT2D eigenvalue weighted by Gasteiger charge is -2.17. The van der Waals surface area contributed by atoms with Crippen molar-refractivity contribution in [1.29, 1.82) is 0 Å². The van der Waals surface area contributed by atoms with Gasteiger partial charge in [-0.2, -0.15) is 0 Å². The van der Waals surface area contributed by atoms with Gasteiger partial charge in [-0.05, 0) is 48.4 Å². The van der Waals surface area contributed by atoms with Crippen LogP contribution in [-0.2, 0) is 6.54 Å². The van der Waals surface area contributed by atoms with Gasteiger partial charge in [-0.15, -0.1) is 0 Å². The third kappa shape index (κ3) is 4.80. The standard InChI is InChI=1S/C19H20FN3O3/c20-15-5-7-16(8-6-15)21-19(26)22-17-9-10-23(12-17)11-13-1-3-14(4-2-13)18(24)25/h1-8,17H,9-12H2,(H,24,25)(H2,21,22,26). The molecule has 0 saturated carbocycles. The van der Waals surface area contributed by atoms with Crippen LogP contribution in [0.15, 0.2) is 48.5 Å². The van der Waals surface area contributed by atoms with Gasteiger partial charge in [0, 0.05) is 31.4 Å². The number of carboxylic acid groups (broad SMARTS) is 1. The number of benzene rings is 2.